The van der Waals surface area contributed by atoms with Gasteiger partial charge in [-0.3, -0.25) is 4.68 Å². The van der Waals surface area contributed by atoms with Crippen molar-refractivity contribution in [1.82, 2.24) is 9.78 Å². The van der Waals surface area contributed by atoms with Crippen LogP contribution in [0, 0.1) is 5.92 Å². The van der Waals surface area contributed by atoms with Crippen LogP contribution in [0.3, 0.4) is 0 Å². The lowest BCUT2D eigenvalue weighted by Gasteiger charge is -2.08. The van der Waals surface area contributed by atoms with E-state index in [0.717, 1.165) is 30.9 Å². The molecule has 1 aliphatic rings. The first-order valence-electron chi connectivity index (χ1n) is 5.97. The van der Waals surface area contributed by atoms with Gasteiger partial charge in [-0.2, -0.15) is 5.10 Å². The highest BCUT2D eigenvalue weighted by molar-refractivity contribution is 9.10. The quantitative estimate of drug-likeness (QED) is 0.759. The molecule has 1 saturated carbocycles. The molecule has 0 spiro atoms. The molecule has 0 N–H and O–H groups in total. The lowest BCUT2D eigenvalue weighted by Crippen LogP contribution is -2.06. The van der Waals surface area contributed by atoms with Gasteiger partial charge in [-0.05, 0) is 54.0 Å². The molecule has 2 nitrogen and oxygen atoms in total. The van der Waals surface area contributed by atoms with E-state index in [4.69, 9.17) is 11.6 Å². The van der Waals surface area contributed by atoms with Crippen molar-refractivity contribution < 1.29 is 0 Å². The Labute approximate surface area is 110 Å². The van der Waals surface area contributed by atoms with Gasteiger partial charge >= 0.3 is 0 Å². The van der Waals surface area contributed by atoms with E-state index in [2.05, 4.69) is 28.0 Å². The Balaban J connectivity index is 1.99. The van der Waals surface area contributed by atoms with Crippen molar-refractivity contribution in [3.8, 4) is 0 Å². The molecule has 0 amide bonds. The number of halogens is 2. The fourth-order valence-electron chi connectivity index (χ4n) is 2.06. The Morgan fingerprint density at radius 1 is 1.56 bits per heavy atom. The summed E-state index contributed by atoms with van der Waals surface area (Å²) < 4.78 is 3.16. The number of rotatable bonds is 5. The van der Waals surface area contributed by atoms with E-state index in [9.17, 15) is 0 Å². The maximum absolute atomic E-state index is 6.33. The molecule has 0 aromatic carbocycles. The van der Waals surface area contributed by atoms with Crippen molar-refractivity contribution in [2.24, 2.45) is 13.0 Å². The van der Waals surface area contributed by atoms with Crippen molar-refractivity contribution in [3.63, 3.8) is 0 Å². The third kappa shape index (κ3) is 2.62. The van der Waals surface area contributed by atoms with Gasteiger partial charge < -0.3 is 0 Å². The number of hydrogen-bond donors (Lipinski definition) is 0. The van der Waals surface area contributed by atoms with E-state index < -0.39 is 0 Å². The van der Waals surface area contributed by atoms with Crippen molar-refractivity contribution in [1.29, 1.82) is 0 Å². The second kappa shape index (κ2) is 5.09. The van der Waals surface area contributed by atoms with Crippen LogP contribution >= 0.6 is 27.5 Å². The summed E-state index contributed by atoms with van der Waals surface area (Å²) in [5.41, 5.74) is 2.43. The first-order chi connectivity index (χ1) is 7.63. The molecule has 1 aromatic rings. The zero-order chi connectivity index (χ0) is 11.7. The average Bonchev–Trinajstić information content (AvgIpc) is 3.05. The number of aryl methyl sites for hydroxylation is 2. The molecular weight excluding hydrogens is 288 g/mol. The second-order valence-corrected chi connectivity index (χ2v) is 5.93. The fraction of sp³-hybridized carbons (Fsp3) is 0.750. The van der Waals surface area contributed by atoms with Crippen molar-refractivity contribution in [3.05, 3.63) is 15.9 Å². The summed E-state index contributed by atoms with van der Waals surface area (Å²) in [4.78, 5) is 0. The summed E-state index contributed by atoms with van der Waals surface area (Å²) in [6.07, 6.45) is 5.70. The van der Waals surface area contributed by atoms with Gasteiger partial charge in [-0.15, -0.1) is 11.6 Å². The van der Waals surface area contributed by atoms with Gasteiger partial charge in [0.15, 0.2) is 0 Å². The fourth-order valence-corrected chi connectivity index (χ4v) is 3.24. The normalized spacial score (nSPS) is 17.8. The average molecular weight is 306 g/mol. The van der Waals surface area contributed by atoms with Crippen LogP contribution in [0.15, 0.2) is 4.47 Å². The van der Waals surface area contributed by atoms with Crippen molar-refractivity contribution >= 4 is 27.5 Å². The van der Waals surface area contributed by atoms with Crippen LogP contribution in [-0.2, 0) is 19.9 Å². The van der Waals surface area contributed by atoms with Crippen LogP contribution < -0.4 is 0 Å². The number of alkyl halides is 1. The molecule has 4 heteroatoms. The first-order valence-corrected chi connectivity index (χ1v) is 7.20. The van der Waals surface area contributed by atoms with Gasteiger partial charge in [0.05, 0.1) is 15.9 Å². The Morgan fingerprint density at radius 2 is 2.25 bits per heavy atom. The van der Waals surface area contributed by atoms with E-state index in [1.54, 1.807) is 0 Å². The molecule has 0 aliphatic heterocycles. The highest BCUT2D eigenvalue weighted by atomic mass is 79.9. The molecule has 0 radical (unpaired) electrons. The van der Waals surface area contributed by atoms with Gasteiger partial charge in [0.1, 0.15) is 0 Å². The Hall–Kier alpha value is -0.0200. The number of aromatic nitrogens is 2. The first kappa shape index (κ1) is 12.4. The van der Waals surface area contributed by atoms with Crippen LogP contribution in [0.5, 0.6) is 0 Å². The maximum Gasteiger partial charge on any atom is 0.0766 e. The van der Waals surface area contributed by atoms with Gasteiger partial charge in [-0.1, -0.05) is 6.92 Å². The molecule has 2 rings (SSSR count). The molecule has 0 saturated heterocycles. The highest BCUT2D eigenvalue weighted by Gasteiger charge is 2.29. The third-order valence-electron chi connectivity index (χ3n) is 3.29. The smallest absolute Gasteiger partial charge is 0.0766 e. The molecule has 1 unspecified atom stereocenters. The molecular formula is C12H18BrClN2. The van der Waals surface area contributed by atoms with Crippen molar-refractivity contribution in [2.75, 3.05) is 0 Å². The standard InChI is InChI=1S/C12H18BrClN2/c1-3-10-12(13)11(16(2)15-10)7-6-9(14)8-4-5-8/h8-9H,3-7H2,1-2H3. The highest BCUT2D eigenvalue weighted by Crippen LogP contribution is 2.38. The van der Waals surface area contributed by atoms with Crippen LogP contribution in [-0.4, -0.2) is 15.2 Å². The summed E-state index contributed by atoms with van der Waals surface area (Å²) in [6, 6.07) is 0. The van der Waals surface area contributed by atoms with E-state index in [1.807, 2.05) is 11.7 Å². The third-order valence-corrected chi connectivity index (χ3v) is 4.78. The van der Waals surface area contributed by atoms with E-state index in [0.29, 0.717) is 5.38 Å². The van der Waals surface area contributed by atoms with Crippen LogP contribution in [0.2, 0.25) is 0 Å². The molecule has 0 bridgehead atoms. The maximum atomic E-state index is 6.33. The van der Waals surface area contributed by atoms with Gasteiger partial charge in [0, 0.05) is 12.4 Å². The lowest BCUT2D eigenvalue weighted by atomic mass is 10.1. The van der Waals surface area contributed by atoms with Gasteiger partial charge in [0.2, 0.25) is 0 Å². The Kier molecular flexibility index (Phi) is 3.96. The van der Waals surface area contributed by atoms with E-state index in [-0.39, 0.29) is 0 Å². The molecule has 16 heavy (non-hydrogen) atoms. The largest absolute Gasteiger partial charge is 0.271 e. The van der Waals surface area contributed by atoms with Crippen molar-refractivity contribution in [2.45, 2.75) is 44.4 Å². The number of nitrogens with zero attached hydrogens (tertiary/aromatic N) is 2. The van der Waals surface area contributed by atoms with Crippen LogP contribution in [0.1, 0.15) is 37.6 Å². The minimum Gasteiger partial charge on any atom is -0.271 e. The molecule has 1 heterocycles. The topological polar surface area (TPSA) is 17.8 Å². The zero-order valence-corrected chi connectivity index (χ0v) is 12.2. The van der Waals surface area contributed by atoms with Crippen LogP contribution in [0.25, 0.3) is 0 Å². The molecule has 1 fully saturated rings. The summed E-state index contributed by atoms with van der Waals surface area (Å²) >= 11 is 9.97. The zero-order valence-electron chi connectivity index (χ0n) is 9.84. The van der Waals surface area contributed by atoms with Crippen LogP contribution in [0.4, 0.5) is 0 Å². The summed E-state index contributed by atoms with van der Waals surface area (Å²) in [6.45, 7) is 2.13. The summed E-state index contributed by atoms with van der Waals surface area (Å²) in [5, 5.41) is 4.85. The van der Waals surface area contributed by atoms with Gasteiger partial charge in [0.25, 0.3) is 0 Å². The minimum atomic E-state index is 0.354. The molecule has 1 atom stereocenters. The Bertz CT molecular complexity index is 371. The van der Waals surface area contributed by atoms with E-state index >= 15 is 0 Å². The summed E-state index contributed by atoms with van der Waals surface area (Å²) in [7, 11) is 2.01. The summed E-state index contributed by atoms with van der Waals surface area (Å²) in [5.74, 6) is 0.777. The molecule has 1 aliphatic carbocycles. The molecule has 90 valence electrons. The van der Waals surface area contributed by atoms with Gasteiger partial charge in [-0.25, -0.2) is 0 Å². The lowest BCUT2D eigenvalue weighted by molar-refractivity contribution is 0.630. The predicted octanol–water partition coefficient (Wildman–Crippen LogP) is 3.70. The minimum absolute atomic E-state index is 0.354. The predicted molar refractivity (Wildman–Crippen MR) is 71.0 cm³/mol. The SMILES string of the molecule is CCc1nn(C)c(CCC(Cl)C2CC2)c1Br. The number of hydrogen-bond acceptors (Lipinski definition) is 1. The second-order valence-electron chi connectivity index (χ2n) is 4.58. The van der Waals surface area contributed by atoms with E-state index in [1.165, 1.54) is 23.0 Å². The monoisotopic (exact) mass is 304 g/mol. The Morgan fingerprint density at radius 3 is 2.75 bits per heavy atom. The molecule has 1 aromatic heterocycles.